The number of nitrogens with zero attached hydrogens (tertiary/aromatic N) is 4. The number of nitrogen functional groups attached to an aromatic ring is 1. The van der Waals surface area contributed by atoms with E-state index in [1.807, 2.05) is 4.90 Å². The smallest absolute Gasteiger partial charge is 0.319 e. The number of carbonyl (C=O) groups excluding carboxylic acids is 1. The highest BCUT2D eigenvalue weighted by Gasteiger charge is 2.49. The van der Waals surface area contributed by atoms with E-state index in [1.165, 1.54) is 6.07 Å². The highest BCUT2D eigenvalue weighted by molar-refractivity contribution is 6.32. The monoisotopic (exact) mass is 672 g/mol. The summed E-state index contributed by atoms with van der Waals surface area (Å²) in [5.41, 5.74) is 5.10. The number of carbonyl (C=O) groups is 1. The summed E-state index contributed by atoms with van der Waals surface area (Å²) in [6.07, 6.45) is 4.24. The van der Waals surface area contributed by atoms with Crippen molar-refractivity contribution in [1.82, 2.24) is 20.2 Å². The fourth-order valence-electron chi connectivity index (χ4n) is 8.06. The van der Waals surface area contributed by atoms with Gasteiger partial charge in [-0.1, -0.05) is 17.7 Å². The molecule has 0 spiro atoms. The number of nitrogens with one attached hydrogen (secondary N) is 1. The fraction of sp³-hybridized carbons (Fsp3) is 0.559. The molecule has 3 aromatic rings. The van der Waals surface area contributed by atoms with Crippen LogP contribution in [0.25, 0.3) is 22.0 Å². The lowest BCUT2D eigenvalue weighted by molar-refractivity contribution is -0.121. The predicted molar refractivity (Wildman–Crippen MR) is 174 cm³/mol. The van der Waals surface area contributed by atoms with Gasteiger partial charge in [-0.3, -0.25) is 9.69 Å². The van der Waals surface area contributed by atoms with E-state index < -0.39 is 28.9 Å². The van der Waals surface area contributed by atoms with Crippen LogP contribution in [0.15, 0.2) is 18.2 Å². The van der Waals surface area contributed by atoms with Crippen molar-refractivity contribution in [3.8, 4) is 17.1 Å². The van der Waals surface area contributed by atoms with E-state index in [9.17, 15) is 18.7 Å². The van der Waals surface area contributed by atoms with E-state index in [0.717, 1.165) is 19.4 Å². The summed E-state index contributed by atoms with van der Waals surface area (Å²) in [5, 5.41) is 14.8. The Morgan fingerprint density at radius 1 is 1.06 bits per heavy atom. The van der Waals surface area contributed by atoms with Crippen molar-refractivity contribution in [2.24, 2.45) is 0 Å². The first-order valence-corrected chi connectivity index (χ1v) is 17.0. The summed E-state index contributed by atoms with van der Waals surface area (Å²) in [6, 6.07) is 4.67. The third-order valence-corrected chi connectivity index (χ3v) is 10.9. The number of hydrogen-bond acceptors (Lipinski definition) is 8. The van der Waals surface area contributed by atoms with Gasteiger partial charge in [-0.25, -0.2) is 13.2 Å². The Bertz CT molecular complexity index is 1710. The van der Waals surface area contributed by atoms with Gasteiger partial charge >= 0.3 is 6.01 Å². The van der Waals surface area contributed by atoms with Crippen molar-refractivity contribution < 1.29 is 27.8 Å². The molecule has 47 heavy (non-hydrogen) atoms. The van der Waals surface area contributed by atoms with E-state index in [-0.39, 0.29) is 53.3 Å². The highest BCUT2D eigenvalue weighted by atomic mass is 35.5. The second-order valence-electron chi connectivity index (χ2n) is 13.7. The quantitative estimate of drug-likeness (QED) is 0.320. The minimum atomic E-state index is -1.10. The molecule has 5 aliphatic heterocycles. The largest absolute Gasteiger partial charge is 0.461 e. The predicted octanol–water partition coefficient (Wildman–Crippen LogP) is 5.33. The average Bonchev–Trinajstić information content (AvgIpc) is 3.57. The van der Waals surface area contributed by atoms with E-state index in [4.69, 9.17) is 27.1 Å². The van der Waals surface area contributed by atoms with E-state index in [2.05, 4.69) is 15.2 Å². The number of alkyl halides is 1. The second kappa shape index (κ2) is 12.6. The van der Waals surface area contributed by atoms with Crippen molar-refractivity contribution in [3.63, 3.8) is 0 Å². The molecule has 4 N–H and O–H groups in total. The maximum Gasteiger partial charge on any atom is 0.319 e. The first-order chi connectivity index (χ1) is 22.6. The van der Waals surface area contributed by atoms with Gasteiger partial charge in [0.05, 0.1) is 21.8 Å². The molecule has 3 saturated heterocycles. The lowest BCUT2D eigenvalue weighted by Crippen LogP contribution is -2.50. The number of benzene rings is 2. The van der Waals surface area contributed by atoms with E-state index in [1.54, 1.807) is 12.1 Å². The summed E-state index contributed by atoms with van der Waals surface area (Å²) in [6.45, 7) is 2.39. The van der Waals surface area contributed by atoms with Gasteiger partial charge in [-0.05, 0) is 81.2 Å². The van der Waals surface area contributed by atoms with Crippen molar-refractivity contribution >= 4 is 39.9 Å². The molecule has 5 aliphatic rings. The van der Waals surface area contributed by atoms with Gasteiger partial charge < -0.3 is 25.8 Å². The summed E-state index contributed by atoms with van der Waals surface area (Å²) >= 11 is 6.48. The van der Waals surface area contributed by atoms with Gasteiger partial charge in [-0.2, -0.15) is 9.97 Å². The SMILES string of the molecule is Nc1cc2c(c(Cl)c1F)CCCCC(=O)NCCC1(O)CCCN(C1)c1nc(OCC34CCCN3CC(F)C4)nc3c(F)c-2ccc13. The first kappa shape index (κ1) is 32.2. The third-order valence-electron chi connectivity index (χ3n) is 10.5. The number of anilines is 2. The van der Waals surface area contributed by atoms with Crippen LogP contribution in [0.3, 0.4) is 0 Å². The molecule has 0 aliphatic carbocycles. The molecule has 8 rings (SSSR count). The van der Waals surface area contributed by atoms with Crippen LogP contribution in [0.5, 0.6) is 6.01 Å². The number of ether oxygens (including phenoxy) is 1. The van der Waals surface area contributed by atoms with Crippen molar-refractivity contribution in [3.05, 3.63) is 40.4 Å². The fourth-order valence-corrected chi connectivity index (χ4v) is 8.37. The zero-order valence-electron chi connectivity index (χ0n) is 26.3. The van der Waals surface area contributed by atoms with Gasteiger partial charge in [0.25, 0.3) is 0 Å². The zero-order valence-corrected chi connectivity index (χ0v) is 27.0. The molecule has 0 saturated carbocycles. The highest BCUT2D eigenvalue weighted by Crippen LogP contribution is 2.42. The Labute approximate surface area is 276 Å². The number of fused-ring (bicyclic) bond motifs is 9. The average molecular weight is 673 g/mol. The molecule has 1 aromatic heterocycles. The number of piperidine rings is 1. The number of rotatable bonds is 3. The molecular formula is C34H40ClF3N6O3. The molecule has 2 aromatic carbocycles. The van der Waals surface area contributed by atoms with Crippen molar-refractivity contribution in [2.75, 3.05) is 50.0 Å². The van der Waals surface area contributed by atoms with Gasteiger partial charge in [-0.15, -0.1) is 0 Å². The minimum absolute atomic E-state index is 0.00512. The molecule has 0 radical (unpaired) electrons. The van der Waals surface area contributed by atoms with E-state index in [0.29, 0.717) is 86.9 Å². The Hall–Kier alpha value is -3.35. The lowest BCUT2D eigenvalue weighted by atomic mass is 9.89. The van der Waals surface area contributed by atoms with Crippen LogP contribution in [0.1, 0.15) is 63.4 Å². The van der Waals surface area contributed by atoms with Crippen LogP contribution in [0.2, 0.25) is 5.02 Å². The van der Waals surface area contributed by atoms with Gasteiger partial charge in [0.1, 0.15) is 24.1 Å². The van der Waals surface area contributed by atoms with Gasteiger partial charge in [0.15, 0.2) is 11.6 Å². The molecule has 1 amide bonds. The number of hydrogen-bond donors (Lipinski definition) is 3. The Balaban J connectivity index is 1.36. The van der Waals surface area contributed by atoms with E-state index >= 15 is 4.39 Å². The summed E-state index contributed by atoms with van der Waals surface area (Å²) < 4.78 is 52.5. The van der Waals surface area contributed by atoms with Crippen LogP contribution in [-0.2, 0) is 11.2 Å². The summed E-state index contributed by atoms with van der Waals surface area (Å²) in [7, 11) is 0. The Kier molecular flexibility index (Phi) is 8.63. The van der Waals surface area contributed by atoms with Crippen LogP contribution in [-0.4, -0.2) is 82.5 Å². The molecule has 13 heteroatoms. The molecule has 9 nitrogen and oxygen atoms in total. The third kappa shape index (κ3) is 6.08. The molecule has 3 unspecified atom stereocenters. The Morgan fingerprint density at radius 3 is 2.72 bits per heavy atom. The van der Waals surface area contributed by atoms with Crippen LogP contribution >= 0.6 is 11.6 Å². The maximum absolute atomic E-state index is 16.9. The van der Waals surface area contributed by atoms with Crippen LogP contribution in [0, 0.1) is 11.6 Å². The molecule has 6 bridgehead atoms. The number of amides is 1. The van der Waals surface area contributed by atoms with Crippen molar-refractivity contribution in [1.29, 1.82) is 0 Å². The van der Waals surface area contributed by atoms with Gasteiger partial charge in [0, 0.05) is 50.0 Å². The second-order valence-corrected chi connectivity index (χ2v) is 14.1. The summed E-state index contributed by atoms with van der Waals surface area (Å²) in [4.78, 5) is 26.0. The molecule has 6 heterocycles. The standard InChI is InChI=1S/C34H40ClF3N6O3/c35-27-21-5-1-2-6-26(45)40-12-11-34(46)10-4-13-43(18-34)31-23-8-7-22(24(21)15-25(39)29(27)38)28(37)30(23)41-32(42-31)47-19-33-9-3-14-44(33)17-20(36)16-33/h7-8,15,20,46H,1-6,9-14,16-19,39H2,(H,40,45). The lowest BCUT2D eigenvalue weighted by Gasteiger charge is -2.40. The number of aromatic nitrogens is 2. The van der Waals surface area contributed by atoms with Crippen LogP contribution < -0.4 is 20.7 Å². The first-order valence-electron chi connectivity index (χ1n) is 16.6. The van der Waals surface area contributed by atoms with Gasteiger partial charge in [0.2, 0.25) is 5.91 Å². The zero-order chi connectivity index (χ0) is 32.9. The number of aliphatic hydroxyl groups is 1. The molecule has 3 atom stereocenters. The van der Waals surface area contributed by atoms with Crippen molar-refractivity contribution in [2.45, 2.75) is 81.5 Å². The topological polar surface area (TPSA) is 117 Å². The molecular weight excluding hydrogens is 633 g/mol. The Morgan fingerprint density at radius 2 is 1.87 bits per heavy atom. The number of nitrogens with two attached hydrogens (primary N) is 1. The normalized spacial score (nSPS) is 27.0. The van der Waals surface area contributed by atoms with Crippen LogP contribution in [0.4, 0.5) is 24.7 Å². The summed E-state index contributed by atoms with van der Waals surface area (Å²) in [5.74, 6) is -1.17. The number of halogens is 4. The molecule has 252 valence electrons. The molecule has 3 fully saturated rings. The maximum atomic E-state index is 16.9. The minimum Gasteiger partial charge on any atom is -0.461 e.